The van der Waals surface area contributed by atoms with Crippen molar-refractivity contribution in [2.24, 2.45) is 11.8 Å². The van der Waals surface area contributed by atoms with Crippen LogP contribution in [0.1, 0.15) is 69.8 Å². The molecule has 1 aliphatic rings. The fourth-order valence-corrected chi connectivity index (χ4v) is 5.16. The fourth-order valence-electron chi connectivity index (χ4n) is 5.16. The van der Waals surface area contributed by atoms with Crippen molar-refractivity contribution >= 4 is 35.5 Å². The van der Waals surface area contributed by atoms with E-state index < -0.39 is 71.8 Å². The van der Waals surface area contributed by atoms with Crippen LogP contribution < -0.4 is 26.6 Å². The number of nitrogens with one attached hydrogen (secondary N) is 5. The number of nitrogens with zero attached hydrogens (tertiary/aromatic N) is 2. The number of hydrogen-bond donors (Lipinski definition) is 5. The number of ketones is 1. The molecule has 0 aliphatic carbocycles. The fraction of sp³-hybridized carbons (Fsp3) is 0.529. The number of alkyl halides is 3. The lowest BCUT2D eigenvalue weighted by Gasteiger charge is -2.26. The zero-order chi connectivity index (χ0) is 37.6. The van der Waals surface area contributed by atoms with Gasteiger partial charge in [-0.2, -0.15) is 13.2 Å². The molecule has 2 heterocycles. The van der Waals surface area contributed by atoms with Gasteiger partial charge in [0.1, 0.15) is 24.5 Å². The summed E-state index contributed by atoms with van der Waals surface area (Å²) in [5.74, 6) is -4.99. The first-order chi connectivity index (χ1) is 24.2. The van der Waals surface area contributed by atoms with Gasteiger partial charge in [-0.25, -0.2) is 14.8 Å². The second-order valence-electron chi connectivity index (χ2n) is 12.6. The minimum atomic E-state index is -4.71. The maximum atomic E-state index is 13.7. The van der Waals surface area contributed by atoms with Crippen LogP contribution in [0, 0.1) is 11.8 Å². The molecule has 51 heavy (non-hydrogen) atoms. The number of hydrogen-bond acceptors (Lipinski definition) is 9. The standard InChI is InChI=1S/C34H44F3N7O7/c1-4-5-12-38-32(49)28(45)24(15-22-11-13-39-29(22)46)42-30(47)25(14-20(2)3)43-31(48)26(16-27-40-17-23(18-41-27)34(35,36)37)44-33(50)51-19-21-9-7-6-8-10-21/h6-10,17-18,20,22,24-26H,4-5,11-16,19H2,1-3H3,(H,38,49)(H,39,46)(H,42,47)(H,43,48)(H,44,50)/t22-,24-,25-,26-/m0/s1. The van der Waals surface area contributed by atoms with E-state index in [2.05, 4.69) is 36.6 Å². The van der Waals surface area contributed by atoms with E-state index in [9.17, 15) is 41.9 Å². The third-order valence-electron chi connectivity index (χ3n) is 7.94. The van der Waals surface area contributed by atoms with Crippen molar-refractivity contribution < 1.29 is 46.7 Å². The molecule has 1 fully saturated rings. The summed E-state index contributed by atoms with van der Waals surface area (Å²) in [6.07, 6.45) is -3.46. The molecule has 278 valence electrons. The quantitative estimate of drug-likeness (QED) is 0.113. The number of unbranched alkanes of at least 4 members (excludes halogenated alkanes) is 1. The van der Waals surface area contributed by atoms with Crippen molar-refractivity contribution in [3.05, 3.63) is 59.7 Å². The highest BCUT2D eigenvalue weighted by Crippen LogP contribution is 2.27. The molecule has 14 nitrogen and oxygen atoms in total. The number of alkyl carbamates (subject to hydrolysis) is 1. The van der Waals surface area contributed by atoms with Gasteiger partial charge in [-0.05, 0) is 37.2 Å². The van der Waals surface area contributed by atoms with Crippen LogP contribution in [-0.2, 0) is 47.9 Å². The highest BCUT2D eigenvalue weighted by atomic mass is 19.4. The maximum absolute atomic E-state index is 13.7. The summed E-state index contributed by atoms with van der Waals surface area (Å²) in [7, 11) is 0. The van der Waals surface area contributed by atoms with Crippen molar-refractivity contribution in [2.75, 3.05) is 13.1 Å². The number of carbonyl (C=O) groups excluding carboxylic acids is 6. The normalized spacial score (nSPS) is 16.0. The van der Waals surface area contributed by atoms with Crippen molar-refractivity contribution in [1.29, 1.82) is 0 Å². The molecule has 1 saturated heterocycles. The number of rotatable bonds is 18. The highest BCUT2D eigenvalue weighted by Gasteiger charge is 2.37. The minimum Gasteiger partial charge on any atom is -0.445 e. The smallest absolute Gasteiger partial charge is 0.419 e. The number of carbonyl (C=O) groups is 6. The van der Waals surface area contributed by atoms with Gasteiger partial charge in [-0.1, -0.05) is 57.5 Å². The van der Waals surface area contributed by atoms with Crippen LogP contribution in [0.3, 0.4) is 0 Å². The molecule has 17 heteroatoms. The average molecular weight is 720 g/mol. The second kappa shape index (κ2) is 19.3. The number of halogens is 3. The SMILES string of the molecule is CCCCNC(=O)C(=O)[C@H](C[C@@H]1CCNC1=O)NC(=O)[C@H](CC(C)C)NC(=O)[C@H](Cc1ncc(C(F)(F)F)cn1)NC(=O)OCc1ccccc1. The van der Waals surface area contributed by atoms with E-state index in [1.54, 1.807) is 44.2 Å². The molecule has 0 saturated carbocycles. The van der Waals surface area contributed by atoms with E-state index in [1.165, 1.54) is 0 Å². The molecule has 5 N–H and O–H groups in total. The van der Waals surface area contributed by atoms with E-state index >= 15 is 0 Å². The van der Waals surface area contributed by atoms with E-state index in [-0.39, 0.29) is 43.6 Å². The monoisotopic (exact) mass is 719 g/mol. The molecule has 1 aromatic heterocycles. The molecule has 0 radical (unpaired) electrons. The molecular weight excluding hydrogens is 675 g/mol. The Morgan fingerprint density at radius 2 is 1.61 bits per heavy atom. The average Bonchev–Trinajstić information content (AvgIpc) is 3.49. The third kappa shape index (κ3) is 13.3. The van der Waals surface area contributed by atoms with Crippen LogP contribution in [0.25, 0.3) is 0 Å². The summed E-state index contributed by atoms with van der Waals surface area (Å²) in [6.45, 7) is 5.90. The van der Waals surface area contributed by atoms with Crippen LogP contribution in [0.4, 0.5) is 18.0 Å². The van der Waals surface area contributed by atoms with Crippen molar-refractivity contribution in [2.45, 2.75) is 90.2 Å². The summed E-state index contributed by atoms with van der Waals surface area (Å²) in [5.41, 5.74) is -0.471. The topological polar surface area (TPSA) is 198 Å². The van der Waals surface area contributed by atoms with Crippen molar-refractivity contribution in [3.63, 3.8) is 0 Å². The van der Waals surface area contributed by atoms with E-state index in [1.807, 2.05) is 6.92 Å². The predicted octanol–water partition coefficient (Wildman–Crippen LogP) is 2.36. The molecular formula is C34H44F3N7O7. The van der Waals surface area contributed by atoms with Gasteiger partial charge in [-0.15, -0.1) is 0 Å². The Morgan fingerprint density at radius 3 is 2.20 bits per heavy atom. The van der Waals surface area contributed by atoms with Gasteiger partial charge in [0.25, 0.3) is 5.91 Å². The van der Waals surface area contributed by atoms with Gasteiger partial charge in [0.15, 0.2) is 0 Å². The predicted molar refractivity (Wildman–Crippen MR) is 176 cm³/mol. The summed E-state index contributed by atoms with van der Waals surface area (Å²) in [4.78, 5) is 85.8. The Bertz CT molecular complexity index is 1510. The number of aromatic nitrogens is 2. The highest BCUT2D eigenvalue weighted by molar-refractivity contribution is 6.38. The summed E-state index contributed by atoms with van der Waals surface area (Å²) >= 11 is 0. The first kappa shape index (κ1) is 40.3. The Balaban J connectivity index is 1.82. The van der Waals surface area contributed by atoms with Crippen LogP contribution >= 0.6 is 0 Å². The Labute approximate surface area is 293 Å². The lowest BCUT2D eigenvalue weighted by Crippen LogP contribution is -2.57. The second-order valence-corrected chi connectivity index (χ2v) is 12.6. The van der Waals surface area contributed by atoms with E-state index in [4.69, 9.17) is 4.74 Å². The molecule has 2 aromatic rings. The summed E-state index contributed by atoms with van der Waals surface area (Å²) < 4.78 is 44.5. The summed E-state index contributed by atoms with van der Waals surface area (Å²) in [5, 5.41) is 12.6. The number of ether oxygens (including phenoxy) is 1. The van der Waals surface area contributed by atoms with Crippen molar-refractivity contribution in [1.82, 2.24) is 36.6 Å². The van der Waals surface area contributed by atoms with E-state index in [0.717, 1.165) is 6.42 Å². The molecule has 5 amide bonds. The first-order valence-electron chi connectivity index (χ1n) is 16.7. The van der Waals surface area contributed by atoms with Crippen LogP contribution in [0.2, 0.25) is 0 Å². The first-order valence-corrected chi connectivity index (χ1v) is 16.7. The van der Waals surface area contributed by atoms with Crippen molar-refractivity contribution in [3.8, 4) is 0 Å². The summed E-state index contributed by atoms with van der Waals surface area (Å²) in [6, 6.07) is 4.43. The van der Waals surface area contributed by atoms with E-state index in [0.29, 0.717) is 37.3 Å². The van der Waals surface area contributed by atoms with Gasteiger partial charge in [0.05, 0.1) is 11.6 Å². The number of amides is 5. The van der Waals surface area contributed by atoms with Gasteiger partial charge in [-0.3, -0.25) is 24.0 Å². The Kier molecular flexibility index (Phi) is 15.3. The van der Waals surface area contributed by atoms with Gasteiger partial charge >= 0.3 is 12.3 Å². The molecule has 0 unspecified atom stereocenters. The number of Topliss-reactive ketones (excluding diaryl/α,β-unsaturated/α-hetero) is 1. The van der Waals surface area contributed by atoms with Crippen LogP contribution in [0.5, 0.6) is 0 Å². The number of benzene rings is 1. The zero-order valence-electron chi connectivity index (χ0n) is 28.7. The lowest BCUT2D eigenvalue weighted by molar-refractivity contribution is -0.141. The van der Waals surface area contributed by atoms with Crippen LogP contribution in [-0.4, -0.2) is 76.7 Å². The van der Waals surface area contributed by atoms with Gasteiger partial charge in [0.2, 0.25) is 23.5 Å². The lowest BCUT2D eigenvalue weighted by atomic mass is 9.94. The van der Waals surface area contributed by atoms with Crippen LogP contribution in [0.15, 0.2) is 42.7 Å². The largest absolute Gasteiger partial charge is 0.445 e. The van der Waals surface area contributed by atoms with Gasteiger partial charge < -0.3 is 31.3 Å². The third-order valence-corrected chi connectivity index (χ3v) is 7.94. The molecule has 1 aliphatic heterocycles. The zero-order valence-corrected chi connectivity index (χ0v) is 28.7. The maximum Gasteiger partial charge on any atom is 0.419 e. The Hall–Kier alpha value is -5.09. The minimum absolute atomic E-state index is 0.0487. The molecule has 3 rings (SSSR count). The Morgan fingerprint density at radius 1 is 0.961 bits per heavy atom. The molecule has 0 bridgehead atoms. The molecule has 0 spiro atoms. The molecule has 4 atom stereocenters. The van der Waals surface area contributed by atoms with Gasteiger partial charge in [0, 0.05) is 37.8 Å². The molecule has 1 aromatic carbocycles.